The lowest BCUT2D eigenvalue weighted by atomic mass is 10.1. The molecule has 0 bridgehead atoms. The van der Waals surface area contributed by atoms with Gasteiger partial charge in [0, 0.05) is 34.4 Å². The summed E-state index contributed by atoms with van der Waals surface area (Å²) < 4.78 is 0. The fourth-order valence-corrected chi connectivity index (χ4v) is 2.07. The molecule has 0 aliphatic heterocycles. The van der Waals surface area contributed by atoms with Gasteiger partial charge in [-0.3, -0.25) is 0 Å². The Hall–Kier alpha value is -0.830. The molecule has 88 valence electrons. The first-order valence-corrected chi connectivity index (χ1v) is 6.28. The summed E-state index contributed by atoms with van der Waals surface area (Å²) in [5.41, 5.74) is 1.73. The zero-order chi connectivity index (χ0) is 12.3. The molecule has 0 amide bonds. The van der Waals surface area contributed by atoms with Gasteiger partial charge in [-0.1, -0.05) is 29.3 Å². The van der Waals surface area contributed by atoms with Crippen molar-refractivity contribution in [2.24, 2.45) is 0 Å². The van der Waals surface area contributed by atoms with Crippen LogP contribution in [0.2, 0.25) is 10.0 Å². The van der Waals surface area contributed by atoms with Gasteiger partial charge in [-0.2, -0.15) is 0 Å². The minimum absolute atomic E-state index is 0.410. The third-order valence-electron chi connectivity index (χ3n) is 2.31. The van der Waals surface area contributed by atoms with Crippen molar-refractivity contribution < 1.29 is 0 Å². The Morgan fingerprint density at radius 1 is 1.00 bits per heavy atom. The highest BCUT2D eigenvalue weighted by Crippen LogP contribution is 2.25. The number of nitrogens with zero attached hydrogens (tertiary/aromatic N) is 2. The van der Waals surface area contributed by atoms with Crippen molar-refractivity contribution in [1.29, 1.82) is 0 Å². The van der Waals surface area contributed by atoms with Crippen LogP contribution in [0.15, 0.2) is 30.6 Å². The Morgan fingerprint density at radius 3 is 2.12 bits per heavy atom. The Balaban J connectivity index is 2.25. The van der Waals surface area contributed by atoms with Crippen LogP contribution >= 0.6 is 34.8 Å². The van der Waals surface area contributed by atoms with Gasteiger partial charge in [0.1, 0.15) is 5.82 Å². The van der Waals surface area contributed by atoms with E-state index in [1.54, 1.807) is 24.5 Å². The number of rotatable bonds is 3. The van der Waals surface area contributed by atoms with Crippen LogP contribution in [0.25, 0.3) is 0 Å². The largest absolute Gasteiger partial charge is 0.241 e. The number of hydrogen-bond acceptors (Lipinski definition) is 2. The van der Waals surface area contributed by atoms with E-state index in [9.17, 15) is 0 Å². The quantitative estimate of drug-likeness (QED) is 0.794. The van der Waals surface area contributed by atoms with Crippen molar-refractivity contribution in [2.75, 3.05) is 0 Å². The van der Waals surface area contributed by atoms with Gasteiger partial charge in [0.05, 0.1) is 5.88 Å². The van der Waals surface area contributed by atoms with E-state index >= 15 is 0 Å². The van der Waals surface area contributed by atoms with Gasteiger partial charge in [-0.05, 0) is 17.7 Å². The van der Waals surface area contributed by atoms with Gasteiger partial charge in [-0.15, -0.1) is 11.6 Å². The van der Waals surface area contributed by atoms with E-state index < -0.39 is 0 Å². The van der Waals surface area contributed by atoms with Crippen molar-refractivity contribution >= 4 is 34.8 Å². The monoisotopic (exact) mass is 286 g/mol. The average molecular weight is 288 g/mol. The zero-order valence-corrected chi connectivity index (χ0v) is 11.1. The fourth-order valence-electron chi connectivity index (χ4n) is 1.40. The Morgan fingerprint density at radius 2 is 1.59 bits per heavy atom. The summed E-state index contributed by atoms with van der Waals surface area (Å²) >= 11 is 17.8. The van der Waals surface area contributed by atoms with Crippen LogP contribution in [0.1, 0.15) is 17.0 Å². The average Bonchev–Trinajstić information content (AvgIpc) is 2.35. The van der Waals surface area contributed by atoms with Crippen LogP contribution < -0.4 is 0 Å². The highest BCUT2D eigenvalue weighted by Gasteiger charge is 2.08. The fraction of sp³-hybridized carbons (Fsp3) is 0.167. The molecule has 2 nitrogen and oxygen atoms in total. The van der Waals surface area contributed by atoms with E-state index in [4.69, 9.17) is 34.8 Å². The molecule has 1 aromatic heterocycles. The molecular weight excluding hydrogens is 279 g/mol. The lowest BCUT2D eigenvalue weighted by molar-refractivity contribution is 0.952. The van der Waals surface area contributed by atoms with Crippen molar-refractivity contribution in [3.63, 3.8) is 0 Å². The molecule has 0 spiro atoms. The maximum Gasteiger partial charge on any atom is 0.132 e. The van der Waals surface area contributed by atoms with Crippen LogP contribution in [0, 0.1) is 0 Å². The maximum atomic E-state index is 6.08. The molecule has 5 heteroatoms. The second kappa shape index (κ2) is 5.67. The van der Waals surface area contributed by atoms with Crippen LogP contribution in [-0.4, -0.2) is 9.97 Å². The van der Waals surface area contributed by atoms with Crippen molar-refractivity contribution in [2.45, 2.75) is 12.3 Å². The van der Waals surface area contributed by atoms with Gasteiger partial charge in [0.2, 0.25) is 0 Å². The van der Waals surface area contributed by atoms with Crippen LogP contribution in [0.5, 0.6) is 0 Å². The number of benzene rings is 1. The normalized spacial score (nSPS) is 10.5. The summed E-state index contributed by atoms with van der Waals surface area (Å²) in [4.78, 5) is 8.43. The maximum absolute atomic E-state index is 6.08. The summed E-state index contributed by atoms with van der Waals surface area (Å²) in [6.07, 6.45) is 3.93. The lowest BCUT2D eigenvalue weighted by Crippen LogP contribution is -1.98. The Labute approximate surface area is 115 Å². The SMILES string of the molecule is ClCc1cnc(Cc2c(Cl)cccc2Cl)nc1. The highest BCUT2D eigenvalue weighted by molar-refractivity contribution is 6.36. The first-order valence-electron chi connectivity index (χ1n) is 4.99. The summed E-state index contributed by atoms with van der Waals surface area (Å²) in [5.74, 6) is 1.08. The first kappa shape index (κ1) is 12.6. The molecule has 17 heavy (non-hydrogen) atoms. The first-order chi connectivity index (χ1) is 8.20. The zero-order valence-electron chi connectivity index (χ0n) is 8.83. The predicted octanol–water partition coefficient (Wildman–Crippen LogP) is 4.11. The van der Waals surface area contributed by atoms with E-state index in [0.29, 0.717) is 28.2 Å². The number of alkyl halides is 1. The molecule has 2 aromatic rings. The van der Waals surface area contributed by atoms with E-state index in [0.717, 1.165) is 11.1 Å². The van der Waals surface area contributed by atoms with E-state index in [-0.39, 0.29) is 0 Å². The van der Waals surface area contributed by atoms with Gasteiger partial charge in [0.15, 0.2) is 0 Å². The Kier molecular flexibility index (Phi) is 4.21. The van der Waals surface area contributed by atoms with E-state index in [2.05, 4.69) is 9.97 Å². The molecule has 0 radical (unpaired) electrons. The van der Waals surface area contributed by atoms with Crippen LogP contribution in [0.4, 0.5) is 0 Å². The molecule has 2 rings (SSSR count). The minimum atomic E-state index is 0.410. The molecule has 1 aromatic carbocycles. The molecule has 1 heterocycles. The second-order valence-electron chi connectivity index (χ2n) is 3.52. The molecule has 0 unspecified atom stereocenters. The highest BCUT2D eigenvalue weighted by atomic mass is 35.5. The second-order valence-corrected chi connectivity index (χ2v) is 4.60. The summed E-state index contributed by atoms with van der Waals surface area (Å²) in [6, 6.07) is 5.41. The summed E-state index contributed by atoms with van der Waals surface area (Å²) in [6.45, 7) is 0. The molecule has 0 N–H and O–H groups in total. The minimum Gasteiger partial charge on any atom is -0.241 e. The topological polar surface area (TPSA) is 25.8 Å². The molecule has 0 atom stereocenters. The van der Waals surface area contributed by atoms with E-state index in [1.165, 1.54) is 0 Å². The third kappa shape index (κ3) is 3.09. The standard InChI is InChI=1S/C12H9Cl3N2/c13-5-8-6-16-12(17-7-8)4-9-10(14)2-1-3-11(9)15/h1-3,6-7H,4-5H2. The molecule has 0 aliphatic rings. The van der Waals surface area contributed by atoms with Crippen molar-refractivity contribution in [3.05, 3.63) is 57.6 Å². The van der Waals surface area contributed by atoms with Crippen LogP contribution in [-0.2, 0) is 12.3 Å². The van der Waals surface area contributed by atoms with Gasteiger partial charge in [0.25, 0.3) is 0 Å². The van der Waals surface area contributed by atoms with Crippen molar-refractivity contribution in [3.8, 4) is 0 Å². The molecule has 0 fully saturated rings. The van der Waals surface area contributed by atoms with Gasteiger partial charge in [-0.25, -0.2) is 9.97 Å². The summed E-state index contributed by atoms with van der Waals surface area (Å²) in [5, 5.41) is 1.25. The van der Waals surface area contributed by atoms with Gasteiger partial charge >= 0.3 is 0 Å². The third-order valence-corrected chi connectivity index (χ3v) is 3.33. The number of hydrogen-bond donors (Lipinski definition) is 0. The Bertz CT molecular complexity index is 491. The smallest absolute Gasteiger partial charge is 0.132 e. The van der Waals surface area contributed by atoms with Gasteiger partial charge < -0.3 is 0 Å². The van der Waals surface area contributed by atoms with E-state index in [1.807, 2.05) is 6.07 Å². The molecular formula is C12H9Cl3N2. The number of aromatic nitrogens is 2. The predicted molar refractivity (Wildman–Crippen MR) is 70.9 cm³/mol. The molecule has 0 aliphatic carbocycles. The van der Waals surface area contributed by atoms with Crippen LogP contribution in [0.3, 0.4) is 0 Å². The lowest BCUT2D eigenvalue weighted by Gasteiger charge is -2.05. The summed E-state index contributed by atoms with van der Waals surface area (Å²) in [7, 11) is 0. The van der Waals surface area contributed by atoms with Crippen molar-refractivity contribution in [1.82, 2.24) is 9.97 Å². The molecule has 0 saturated heterocycles. The number of halogens is 3. The molecule has 0 saturated carbocycles.